The van der Waals surface area contributed by atoms with Gasteiger partial charge in [0.15, 0.2) is 5.69 Å². The Balaban J connectivity index is 2.43. The van der Waals surface area contributed by atoms with Crippen molar-refractivity contribution in [3.8, 4) is 5.69 Å². The smallest absolute Gasteiger partial charge is 0.358 e. The van der Waals surface area contributed by atoms with Crippen molar-refractivity contribution in [2.75, 3.05) is 5.32 Å². The number of rotatable bonds is 4. The molecule has 0 fully saturated rings. The molecule has 104 valence electrons. The number of aromatic carboxylic acids is 1. The normalized spacial score (nSPS) is 10.3. The molecule has 2 N–H and O–H groups in total. The van der Waals surface area contributed by atoms with Crippen molar-refractivity contribution in [2.24, 2.45) is 0 Å². The molecule has 0 aliphatic heterocycles. The molecule has 0 saturated heterocycles. The van der Waals surface area contributed by atoms with Gasteiger partial charge in [-0.05, 0) is 18.2 Å². The summed E-state index contributed by atoms with van der Waals surface area (Å²) in [6, 6.07) is 7.25. The molecule has 1 aromatic carbocycles. The molecule has 6 nitrogen and oxygen atoms in total. The Morgan fingerprint density at radius 2 is 2.20 bits per heavy atom. The minimum Gasteiger partial charge on any atom is -0.476 e. The minimum absolute atomic E-state index is 0.185. The number of nitrogens with one attached hydrogen (secondary N) is 1. The summed E-state index contributed by atoms with van der Waals surface area (Å²) in [4.78, 5) is 22.6. The van der Waals surface area contributed by atoms with Crippen LogP contribution in [-0.4, -0.2) is 26.8 Å². The molecule has 2 aromatic rings. The highest BCUT2D eigenvalue weighted by molar-refractivity contribution is 9.10. The second-order valence-electron chi connectivity index (χ2n) is 4.02. The number of carboxylic acid groups (broad SMARTS) is 1. The predicted octanol–water partition coefficient (Wildman–Crippen LogP) is 2.68. The van der Waals surface area contributed by atoms with Crippen molar-refractivity contribution in [1.82, 2.24) is 9.78 Å². The summed E-state index contributed by atoms with van der Waals surface area (Å²) in [6.07, 6.45) is 1.75. The fourth-order valence-electron chi connectivity index (χ4n) is 1.61. The fourth-order valence-corrected chi connectivity index (χ4v) is 2.00. The van der Waals surface area contributed by atoms with E-state index in [1.807, 2.05) is 12.1 Å². The monoisotopic (exact) mass is 337 g/mol. The molecule has 0 unspecified atom stereocenters. The number of carbonyl (C=O) groups excluding carboxylic acids is 1. The first-order valence-corrected chi connectivity index (χ1v) is 6.69. The summed E-state index contributed by atoms with van der Waals surface area (Å²) < 4.78 is 2.26. The Morgan fingerprint density at radius 1 is 1.45 bits per heavy atom. The van der Waals surface area contributed by atoms with Gasteiger partial charge in [0.25, 0.3) is 0 Å². The van der Waals surface area contributed by atoms with E-state index >= 15 is 0 Å². The lowest BCUT2D eigenvalue weighted by Crippen LogP contribution is -2.12. The first-order chi connectivity index (χ1) is 9.51. The zero-order valence-corrected chi connectivity index (χ0v) is 12.2. The molecule has 0 aliphatic rings. The Bertz CT molecular complexity index is 667. The fraction of sp³-hybridized carbons (Fsp3) is 0.154. The number of aromatic nitrogens is 2. The summed E-state index contributed by atoms with van der Waals surface area (Å²) in [6.45, 7) is 1.69. The van der Waals surface area contributed by atoms with Gasteiger partial charge in [-0.2, -0.15) is 5.10 Å². The van der Waals surface area contributed by atoms with Gasteiger partial charge < -0.3 is 10.4 Å². The van der Waals surface area contributed by atoms with Crippen LogP contribution < -0.4 is 5.32 Å². The largest absolute Gasteiger partial charge is 0.476 e. The van der Waals surface area contributed by atoms with Crippen LogP contribution in [0.5, 0.6) is 0 Å². The van der Waals surface area contributed by atoms with Crippen LogP contribution in [0.15, 0.2) is 34.9 Å². The van der Waals surface area contributed by atoms with Gasteiger partial charge in [-0.3, -0.25) is 4.79 Å². The molecule has 0 atom stereocenters. The van der Waals surface area contributed by atoms with Gasteiger partial charge in [0.1, 0.15) is 0 Å². The van der Waals surface area contributed by atoms with E-state index in [1.165, 1.54) is 10.9 Å². The zero-order valence-electron chi connectivity index (χ0n) is 10.6. The summed E-state index contributed by atoms with van der Waals surface area (Å²) in [5.74, 6) is -1.45. The lowest BCUT2D eigenvalue weighted by Gasteiger charge is -2.01. The Morgan fingerprint density at radius 3 is 2.80 bits per heavy atom. The minimum atomic E-state index is -1.19. The Hall–Kier alpha value is -2.15. The number of halogens is 1. The number of amides is 1. The van der Waals surface area contributed by atoms with Crippen LogP contribution in [0, 0.1) is 0 Å². The van der Waals surface area contributed by atoms with Crippen LogP contribution >= 0.6 is 15.9 Å². The van der Waals surface area contributed by atoms with Crippen molar-refractivity contribution in [1.29, 1.82) is 0 Å². The number of benzene rings is 1. The first-order valence-electron chi connectivity index (χ1n) is 5.90. The van der Waals surface area contributed by atoms with E-state index in [4.69, 9.17) is 5.11 Å². The van der Waals surface area contributed by atoms with E-state index in [0.29, 0.717) is 5.69 Å². The topological polar surface area (TPSA) is 84.2 Å². The average molecular weight is 338 g/mol. The Labute approximate surface area is 123 Å². The summed E-state index contributed by atoms with van der Waals surface area (Å²) in [7, 11) is 0. The van der Waals surface area contributed by atoms with Crippen molar-refractivity contribution in [3.63, 3.8) is 0 Å². The average Bonchev–Trinajstić information content (AvgIpc) is 2.82. The lowest BCUT2D eigenvalue weighted by atomic mass is 10.3. The number of anilines is 1. The molecule has 0 radical (unpaired) electrons. The SMILES string of the molecule is CCC(=O)Nc1cn(-c2cccc(Br)c2)nc1C(=O)O. The van der Waals surface area contributed by atoms with Crippen molar-refractivity contribution in [3.05, 3.63) is 40.6 Å². The van der Waals surface area contributed by atoms with E-state index in [0.717, 1.165) is 4.47 Å². The highest BCUT2D eigenvalue weighted by Crippen LogP contribution is 2.20. The van der Waals surface area contributed by atoms with Gasteiger partial charge >= 0.3 is 5.97 Å². The van der Waals surface area contributed by atoms with Gasteiger partial charge in [-0.25, -0.2) is 9.48 Å². The third-order valence-corrected chi connectivity index (χ3v) is 3.08. The Kier molecular flexibility index (Phi) is 4.19. The van der Waals surface area contributed by atoms with Crippen molar-refractivity contribution >= 4 is 33.5 Å². The second-order valence-corrected chi connectivity index (χ2v) is 4.94. The second kappa shape index (κ2) is 5.87. The predicted molar refractivity (Wildman–Crippen MR) is 77.1 cm³/mol. The van der Waals surface area contributed by atoms with Crippen LogP contribution in [0.1, 0.15) is 23.8 Å². The first kappa shape index (κ1) is 14.3. The van der Waals surface area contributed by atoms with E-state index in [-0.39, 0.29) is 23.7 Å². The molecule has 0 aliphatic carbocycles. The van der Waals surface area contributed by atoms with Gasteiger partial charge in [0.2, 0.25) is 5.91 Å². The quantitative estimate of drug-likeness (QED) is 0.898. The van der Waals surface area contributed by atoms with Crippen molar-refractivity contribution < 1.29 is 14.7 Å². The van der Waals surface area contributed by atoms with Gasteiger partial charge in [0, 0.05) is 10.9 Å². The highest BCUT2D eigenvalue weighted by atomic mass is 79.9. The van der Waals surface area contributed by atoms with E-state index < -0.39 is 5.97 Å². The van der Waals surface area contributed by atoms with Crippen molar-refractivity contribution in [2.45, 2.75) is 13.3 Å². The summed E-state index contributed by atoms with van der Waals surface area (Å²) in [5, 5.41) is 15.7. The molecular formula is C13H12BrN3O3. The third-order valence-electron chi connectivity index (χ3n) is 2.58. The molecular weight excluding hydrogens is 326 g/mol. The number of carbonyl (C=O) groups is 2. The van der Waals surface area contributed by atoms with E-state index in [9.17, 15) is 9.59 Å². The maximum absolute atomic E-state index is 11.4. The third kappa shape index (κ3) is 3.05. The van der Waals surface area contributed by atoms with Gasteiger partial charge in [0.05, 0.1) is 17.6 Å². The molecule has 1 aromatic heterocycles. The molecule has 2 rings (SSSR count). The zero-order chi connectivity index (χ0) is 14.7. The number of carboxylic acids is 1. The maximum Gasteiger partial charge on any atom is 0.358 e. The molecule has 20 heavy (non-hydrogen) atoms. The maximum atomic E-state index is 11.4. The highest BCUT2D eigenvalue weighted by Gasteiger charge is 2.18. The summed E-state index contributed by atoms with van der Waals surface area (Å²) in [5.41, 5.74) is 0.690. The van der Waals surface area contributed by atoms with Crippen LogP contribution in [-0.2, 0) is 4.79 Å². The molecule has 0 saturated carbocycles. The molecule has 1 heterocycles. The molecule has 1 amide bonds. The van der Waals surface area contributed by atoms with Crippen LogP contribution in [0.2, 0.25) is 0 Å². The standard InChI is InChI=1S/C13H12BrN3O3/c1-2-11(18)15-10-7-17(16-12(10)13(19)20)9-5-3-4-8(14)6-9/h3-7H,2H2,1H3,(H,15,18)(H,19,20). The molecule has 0 bridgehead atoms. The summed E-state index contributed by atoms with van der Waals surface area (Å²) >= 11 is 3.34. The van der Waals surface area contributed by atoms with Crippen LogP contribution in [0.25, 0.3) is 5.69 Å². The number of nitrogens with zero attached hydrogens (tertiary/aromatic N) is 2. The van der Waals surface area contributed by atoms with E-state index in [2.05, 4.69) is 26.3 Å². The van der Waals surface area contributed by atoms with Gasteiger partial charge in [-0.15, -0.1) is 0 Å². The van der Waals surface area contributed by atoms with Gasteiger partial charge in [-0.1, -0.05) is 28.9 Å². The van der Waals surface area contributed by atoms with E-state index in [1.54, 1.807) is 19.1 Å². The lowest BCUT2D eigenvalue weighted by molar-refractivity contribution is -0.115. The van der Waals surface area contributed by atoms with Crippen LogP contribution in [0.4, 0.5) is 5.69 Å². The van der Waals surface area contributed by atoms with Crippen LogP contribution in [0.3, 0.4) is 0 Å². The molecule has 7 heteroatoms. The number of hydrogen-bond acceptors (Lipinski definition) is 3. The number of hydrogen-bond donors (Lipinski definition) is 2. The molecule has 0 spiro atoms.